The van der Waals surface area contributed by atoms with Crippen molar-refractivity contribution in [2.45, 2.75) is 36.8 Å². The van der Waals surface area contributed by atoms with Gasteiger partial charge in [0.2, 0.25) is 11.8 Å². The smallest absolute Gasteiger partial charge is 0.227 e. The van der Waals surface area contributed by atoms with Crippen LogP contribution in [0, 0.1) is 0 Å². The van der Waals surface area contributed by atoms with Crippen molar-refractivity contribution >= 4 is 27.3 Å². The minimum atomic E-state index is -3.58. The number of hydrogen-bond donors (Lipinski definition) is 1. The fraction of sp³-hybridized carbons (Fsp3) is 0.400. The van der Waals surface area contributed by atoms with E-state index in [-0.39, 0.29) is 41.1 Å². The molecule has 1 aromatic carbocycles. The van der Waals surface area contributed by atoms with Crippen molar-refractivity contribution in [1.29, 1.82) is 0 Å². The van der Waals surface area contributed by atoms with Crippen molar-refractivity contribution in [1.82, 2.24) is 15.5 Å². The average molecular weight is 372 g/mol. The second-order valence-corrected chi connectivity index (χ2v) is 7.59. The number of nitrogens with zero attached hydrogens (tertiary/aromatic N) is 2. The van der Waals surface area contributed by atoms with E-state index in [4.69, 9.17) is 16.1 Å². The summed E-state index contributed by atoms with van der Waals surface area (Å²) in [6.07, 6.45) is 1.34. The Labute approximate surface area is 145 Å². The van der Waals surface area contributed by atoms with Crippen LogP contribution in [0.4, 0.5) is 0 Å². The summed E-state index contributed by atoms with van der Waals surface area (Å²) < 4.78 is 29.5. The van der Waals surface area contributed by atoms with Gasteiger partial charge in [-0.3, -0.25) is 4.79 Å². The summed E-state index contributed by atoms with van der Waals surface area (Å²) >= 11 is 5.75. The number of aryl methyl sites for hydroxylation is 1. The highest BCUT2D eigenvalue weighted by Crippen LogP contribution is 2.18. The monoisotopic (exact) mass is 371 g/mol. The topological polar surface area (TPSA) is 102 Å². The molecule has 2 aromatic rings. The van der Waals surface area contributed by atoms with E-state index in [1.54, 1.807) is 0 Å². The van der Waals surface area contributed by atoms with Crippen LogP contribution >= 0.6 is 11.6 Å². The molecule has 1 amide bonds. The summed E-state index contributed by atoms with van der Waals surface area (Å²) in [5, 5.41) is 6.86. The van der Waals surface area contributed by atoms with Crippen LogP contribution in [0.5, 0.6) is 0 Å². The Bertz CT molecular complexity index is 787. The Morgan fingerprint density at radius 3 is 2.67 bits per heavy atom. The lowest BCUT2D eigenvalue weighted by Gasteiger charge is -2.01. The molecule has 1 N–H and O–H groups in total. The molecule has 0 saturated heterocycles. The van der Waals surface area contributed by atoms with E-state index < -0.39 is 9.84 Å². The molecule has 1 heterocycles. The summed E-state index contributed by atoms with van der Waals surface area (Å²) in [5.41, 5.74) is 0. The maximum Gasteiger partial charge on any atom is 0.227 e. The molecular weight excluding hydrogens is 354 g/mol. The van der Waals surface area contributed by atoms with Gasteiger partial charge in [-0.25, -0.2) is 8.42 Å². The molecule has 9 heteroatoms. The Morgan fingerprint density at radius 1 is 1.29 bits per heavy atom. The minimum absolute atomic E-state index is 0.0638. The number of benzene rings is 1. The predicted molar refractivity (Wildman–Crippen MR) is 88.3 cm³/mol. The molecule has 0 radical (unpaired) electrons. The maximum absolute atomic E-state index is 12.3. The maximum atomic E-state index is 12.3. The molecule has 0 aliphatic rings. The molecule has 0 spiro atoms. The largest absolute Gasteiger partial charge is 0.356 e. The number of amides is 1. The number of nitrogens with one attached hydrogen (secondary N) is 1. The number of halogens is 1. The Morgan fingerprint density at radius 2 is 2.00 bits per heavy atom. The van der Waals surface area contributed by atoms with E-state index in [1.807, 2.05) is 6.92 Å². The van der Waals surface area contributed by atoms with Crippen molar-refractivity contribution in [3.63, 3.8) is 0 Å². The quantitative estimate of drug-likeness (QED) is 0.762. The van der Waals surface area contributed by atoms with E-state index in [0.717, 1.165) is 6.42 Å². The molecule has 0 fully saturated rings. The first-order chi connectivity index (χ1) is 11.4. The summed E-state index contributed by atoms with van der Waals surface area (Å²) in [6, 6.07) is 5.86. The molecule has 0 aliphatic carbocycles. The van der Waals surface area contributed by atoms with Gasteiger partial charge in [-0.15, -0.1) is 0 Å². The molecule has 0 saturated carbocycles. The summed E-state index contributed by atoms with van der Waals surface area (Å²) in [5.74, 6) is -0.178. The van der Waals surface area contributed by atoms with E-state index >= 15 is 0 Å². The van der Waals surface area contributed by atoms with Crippen molar-refractivity contribution < 1.29 is 17.7 Å². The van der Waals surface area contributed by atoms with Crippen LogP contribution in [-0.4, -0.2) is 31.0 Å². The molecule has 0 aliphatic heterocycles. The van der Waals surface area contributed by atoms with Crippen LogP contribution in [0.15, 0.2) is 33.7 Å². The zero-order chi connectivity index (χ0) is 17.6. The first kappa shape index (κ1) is 18.4. The number of carbonyl (C=O) groups excluding carboxylic acids is 1. The normalized spacial score (nSPS) is 11.4. The van der Waals surface area contributed by atoms with Crippen molar-refractivity contribution in [2.24, 2.45) is 0 Å². The number of rotatable bonds is 8. The van der Waals surface area contributed by atoms with Crippen molar-refractivity contribution in [3.05, 3.63) is 41.0 Å². The van der Waals surface area contributed by atoms with E-state index in [9.17, 15) is 13.2 Å². The minimum Gasteiger partial charge on any atom is -0.356 e. The van der Waals surface area contributed by atoms with Crippen molar-refractivity contribution in [3.8, 4) is 0 Å². The third-order valence-electron chi connectivity index (χ3n) is 3.14. The fourth-order valence-electron chi connectivity index (χ4n) is 1.92. The molecule has 130 valence electrons. The number of carbonyl (C=O) groups is 1. The average Bonchev–Trinajstić information content (AvgIpc) is 2.98. The zero-order valence-corrected chi connectivity index (χ0v) is 14.7. The molecule has 1 aromatic heterocycles. The van der Waals surface area contributed by atoms with Crippen LogP contribution in [0.3, 0.4) is 0 Å². The third kappa shape index (κ3) is 5.31. The number of sulfone groups is 1. The van der Waals surface area contributed by atoms with Gasteiger partial charge in [0, 0.05) is 24.4 Å². The Balaban J connectivity index is 1.95. The van der Waals surface area contributed by atoms with Gasteiger partial charge < -0.3 is 9.84 Å². The van der Waals surface area contributed by atoms with Gasteiger partial charge in [0.1, 0.15) is 5.75 Å². The van der Waals surface area contributed by atoms with E-state index in [1.165, 1.54) is 24.3 Å². The van der Waals surface area contributed by atoms with Gasteiger partial charge in [0.05, 0.1) is 4.90 Å². The highest BCUT2D eigenvalue weighted by atomic mass is 35.5. The van der Waals surface area contributed by atoms with Gasteiger partial charge in [-0.05, 0) is 30.7 Å². The molecule has 0 unspecified atom stereocenters. The van der Waals surface area contributed by atoms with Crippen molar-refractivity contribution in [2.75, 3.05) is 6.54 Å². The van der Waals surface area contributed by atoms with Crippen LogP contribution in [0.25, 0.3) is 0 Å². The molecule has 7 nitrogen and oxygen atoms in total. The summed E-state index contributed by atoms with van der Waals surface area (Å²) in [7, 11) is -3.58. The Kier molecular flexibility index (Phi) is 6.33. The standard InChI is InChI=1S/C15H18ClN3O4S/c1-2-9-17-14(20)7-8-15-18-13(19-23-15)10-24(21,22)12-5-3-11(16)4-6-12/h3-6H,2,7-10H2,1H3,(H,17,20). The van der Waals surface area contributed by atoms with Crippen LogP contribution in [0.2, 0.25) is 5.02 Å². The zero-order valence-electron chi connectivity index (χ0n) is 13.2. The number of aromatic nitrogens is 2. The highest BCUT2D eigenvalue weighted by Gasteiger charge is 2.19. The highest BCUT2D eigenvalue weighted by molar-refractivity contribution is 7.90. The first-order valence-electron chi connectivity index (χ1n) is 7.47. The predicted octanol–water partition coefficient (Wildman–Crippen LogP) is 2.16. The van der Waals surface area contributed by atoms with Crippen LogP contribution in [0.1, 0.15) is 31.5 Å². The lowest BCUT2D eigenvalue weighted by atomic mass is 10.3. The third-order valence-corrected chi connectivity index (χ3v) is 5.02. The second kappa shape index (κ2) is 8.25. The lowest BCUT2D eigenvalue weighted by Crippen LogP contribution is -2.24. The van der Waals surface area contributed by atoms with Gasteiger partial charge in [-0.2, -0.15) is 4.98 Å². The summed E-state index contributed by atoms with van der Waals surface area (Å²) in [6.45, 7) is 2.58. The fourth-order valence-corrected chi connectivity index (χ4v) is 3.22. The molecule has 0 bridgehead atoms. The second-order valence-electron chi connectivity index (χ2n) is 5.17. The van der Waals surface area contributed by atoms with Crippen LogP contribution < -0.4 is 5.32 Å². The molecular formula is C15H18ClN3O4S. The van der Waals surface area contributed by atoms with Gasteiger partial charge in [0.25, 0.3) is 0 Å². The SMILES string of the molecule is CCCNC(=O)CCc1nc(CS(=O)(=O)c2ccc(Cl)cc2)no1. The van der Waals surface area contributed by atoms with Crippen LogP contribution in [-0.2, 0) is 26.8 Å². The first-order valence-corrected chi connectivity index (χ1v) is 9.50. The molecule has 2 rings (SSSR count). The van der Waals surface area contributed by atoms with Gasteiger partial charge >= 0.3 is 0 Å². The lowest BCUT2D eigenvalue weighted by molar-refractivity contribution is -0.121. The van der Waals surface area contributed by atoms with E-state index in [2.05, 4.69) is 15.5 Å². The molecule has 0 atom stereocenters. The summed E-state index contributed by atoms with van der Waals surface area (Å²) in [4.78, 5) is 15.7. The van der Waals surface area contributed by atoms with Gasteiger partial charge in [0.15, 0.2) is 15.7 Å². The molecule has 24 heavy (non-hydrogen) atoms. The number of hydrogen-bond acceptors (Lipinski definition) is 6. The van der Waals surface area contributed by atoms with Gasteiger partial charge in [-0.1, -0.05) is 23.7 Å². The van der Waals surface area contributed by atoms with E-state index in [0.29, 0.717) is 11.6 Å². The Hall–Kier alpha value is -1.93.